The zero-order valence-electron chi connectivity index (χ0n) is 12.5. The van der Waals surface area contributed by atoms with Gasteiger partial charge in [0.25, 0.3) is 0 Å². The minimum absolute atomic E-state index is 0.232. The number of carbonyl (C=O) groups is 1. The molecule has 0 saturated heterocycles. The molecule has 3 rings (SSSR count). The van der Waals surface area contributed by atoms with E-state index in [2.05, 4.69) is 4.98 Å². The summed E-state index contributed by atoms with van der Waals surface area (Å²) in [5, 5.41) is 0.741. The molecule has 3 aromatic rings. The summed E-state index contributed by atoms with van der Waals surface area (Å²) in [6, 6.07) is 14.0. The van der Waals surface area contributed by atoms with E-state index in [1.54, 1.807) is 35.4 Å². The third-order valence-electron chi connectivity index (χ3n) is 3.73. The first-order chi connectivity index (χ1) is 11.5. The molecule has 24 heavy (non-hydrogen) atoms. The maximum atomic E-state index is 13.2. The summed E-state index contributed by atoms with van der Waals surface area (Å²) in [7, 11) is 0. The van der Waals surface area contributed by atoms with Gasteiger partial charge in [0.05, 0.1) is 17.9 Å². The minimum Gasteiger partial charge on any atom is -0.335 e. The van der Waals surface area contributed by atoms with Gasteiger partial charge in [-0.25, -0.2) is 4.98 Å². The summed E-state index contributed by atoms with van der Waals surface area (Å²) in [6.07, 6.45) is 5.02. The first-order valence-electron chi connectivity index (χ1n) is 7.21. The SMILES string of the molecule is O=C(c1ccc(Cl)cc1Cl)[C@@](Cl)(Cn1ccnc1)c1ccccc1. The lowest BCUT2D eigenvalue weighted by molar-refractivity contribution is 0.0926. The largest absolute Gasteiger partial charge is 0.335 e. The van der Waals surface area contributed by atoms with Crippen LogP contribution in [0.3, 0.4) is 0 Å². The second-order valence-electron chi connectivity index (χ2n) is 5.36. The molecule has 0 saturated carbocycles. The lowest BCUT2D eigenvalue weighted by Crippen LogP contribution is -2.34. The van der Waals surface area contributed by atoms with Crippen LogP contribution in [0, 0.1) is 0 Å². The van der Waals surface area contributed by atoms with Crippen LogP contribution in [0.5, 0.6) is 0 Å². The molecular formula is C18H13Cl3N2O. The van der Waals surface area contributed by atoms with Crippen LogP contribution in [0.15, 0.2) is 67.3 Å². The van der Waals surface area contributed by atoms with E-state index in [-0.39, 0.29) is 17.4 Å². The van der Waals surface area contributed by atoms with Crippen molar-refractivity contribution < 1.29 is 4.79 Å². The average molecular weight is 380 g/mol. The summed E-state index contributed by atoms with van der Waals surface area (Å²) in [4.78, 5) is 15.9. The Bertz CT molecular complexity index is 850. The van der Waals surface area contributed by atoms with Crippen LogP contribution in [0.1, 0.15) is 15.9 Å². The van der Waals surface area contributed by atoms with Gasteiger partial charge in [-0.05, 0) is 23.8 Å². The predicted octanol–water partition coefficient (Wildman–Crippen LogP) is 5.21. The van der Waals surface area contributed by atoms with Gasteiger partial charge >= 0.3 is 0 Å². The van der Waals surface area contributed by atoms with Gasteiger partial charge in [0.15, 0.2) is 10.7 Å². The summed E-state index contributed by atoms with van der Waals surface area (Å²) >= 11 is 19.0. The zero-order chi connectivity index (χ0) is 17.2. The molecule has 0 aliphatic heterocycles. The third-order valence-corrected chi connectivity index (χ3v) is 4.78. The quantitative estimate of drug-likeness (QED) is 0.451. The fourth-order valence-electron chi connectivity index (χ4n) is 2.52. The van der Waals surface area contributed by atoms with Crippen molar-refractivity contribution in [1.82, 2.24) is 9.55 Å². The Morgan fingerprint density at radius 2 is 1.88 bits per heavy atom. The first kappa shape index (κ1) is 17.0. The monoisotopic (exact) mass is 378 g/mol. The molecule has 0 spiro atoms. The van der Waals surface area contributed by atoms with Gasteiger partial charge < -0.3 is 4.57 Å². The summed E-state index contributed by atoms with van der Waals surface area (Å²) in [5.74, 6) is -0.286. The maximum Gasteiger partial charge on any atom is 0.191 e. The van der Waals surface area contributed by atoms with Crippen molar-refractivity contribution in [3.63, 3.8) is 0 Å². The highest BCUT2D eigenvalue weighted by Gasteiger charge is 2.40. The van der Waals surface area contributed by atoms with E-state index in [1.165, 1.54) is 6.07 Å². The second kappa shape index (κ2) is 6.98. The van der Waals surface area contributed by atoms with E-state index in [4.69, 9.17) is 34.8 Å². The molecule has 0 bridgehead atoms. The molecule has 1 atom stereocenters. The molecule has 0 amide bonds. The molecule has 0 aliphatic carbocycles. The number of carbonyl (C=O) groups excluding carboxylic acids is 1. The molecule has 1 heterocycles. The minimum atomic E-state index is -1.31. The van der Waals surface area contributed by atoms with Crippen LogP contribution >= 0.6 is 34.8 Å². The number of imidazole rings is 1. The molecular weight excluding hydrogens is 367 g/mol. The normalized spacial score (nSPS) is 13.5. The Morgan fingerprint density at radius 3 is 2.50 bits per heavy atom. The van der Waals surface area contributed by atoms with Crippen molar-refractivity contribution in [2.24, 2.45) is 0 Å². The number of alkyl halides is 1. The standard InChI is InChI=1S/C18H13Cl3N2O/c19-14-6-7-15(16(20)10-14)17(24)18(21,11-23-9-8-22-12-23)13-4-2-1-3-5-13/h1-10,12H,11H2/t18-/m1/s1. The smallest absolute Gasteiger partial charge is 0.191 e. The van der Waals surface area contributed by atoms with E-state index in [0.29, 0.717) is 16.1 Å². The number of aromatic nitrogens is 2. The molecule has 0 unspecified atom stereocenters. The summed E-state index contributed by atoms with van der Waals surface area (Å²) in [5.41, 5.74) is 1.02. The Hall–Kier alpha value is -1.81. The first-order valence-corrected chi connectivity index (χ1v) is 8.34. The number of Topliss-reactive ketones (excluding diaryl/α,β-unsaturated/α-hetero) is 1. The number of rotatable bonds is 5. The predicted molar refractivity (Wildman–Crippen MR) is 97.0 cm³/mol. The van der Waals surface area contributed by atoms with Crippen LogP contribution in [-0.2, 0) is 11.4 Å². The van der Waals surface area contributed by atoms with Crippen LogP contribution < -0.4 is 0 Å². The number of nitrogens with zero attached hydrogens (tertiary/aromatic N) is 2. The molecule has 0 radical (unpaired) electrons. The number of hydrogen-bond donors (Lipinski definition) is 0. The van der Waals surface area contributed by atoms with E-state index in [0.717, 1.165) is 0 Å². The molecule has 0 aliphatic rings. The summed E-state index contributed by atoms with van der Waals surface area (Å²) in [6.45, 7) is 0.232. The van der Waals surface area contributed by atoms with E-state index >= 15 is 0 Å². The van der Waals surface area contributed by atoms with E-state index < -0.39 is 4.87 Å². The number of hydrogen-bond acceptors (Lipinski definition) is 2. The Balaban J connectivity index is 2.08. The fourth-order valence-corrected chi connectivity index (χ4v) is 3.38. The molecule has 0 fully saturated rings. The Morgan fingerprint density at radius 1 is 1.12 bits per heavy atom. The van der Waals surface area contributed by atoms with Gasteiger partial charge in [0.1, 0.15) is 0 Å². The highest BCUT2D eigenvalue weighted by atomic mass is 35.5. The van der Waals surface area contributed by atoms with Crippen LogP contribution in [0.4, 0.5) is 0 Å². The summed E-state index contributed by atoms with van der Waals surface area (Å²) < 4.78 is 1.77. The van der Waals surface area contributed by atoms with Gasteiger partial charge in [0.2, 0.25) is 0 Å². The molecule has 6 heteroatoms. The van der Waals surface area contributed by atoms with Crippen molar-refractivity contribution in [2.45, 2.75) is 11.4 Å². The van der Waals surface area contributed by atoms with Crippen LogP contribution in [-0.4, -0.2) is 15.3 Å². The van der Waals surface area contributed by atoms with Crippen molar-refractivity contribution in [1.29, 1.82) is 0 Å². The number of benzene rings is 2. The number of ketones is 1. The van der Waals surface area contributed by atoms with Gasteiger partial charge in [0, 0.05) is 23.0 Å². The van der Waals surface area contributed by atoms with Crippen molar-refractivity contribution in [3.8, 4) is 0 Å². The van der Waals surface area contributed by atoms with Gasteiger partial charge in [-0.15, -0.1) is 11.6 Å². The van der Waals surface area contributed by atoms with Crippen molar-refractivity contribution in [2.75, 3.05) is 0 Å². The third kappa shape index (κ3) is 3.34. The van der Waals surface area contributed by atoms with E-state index in [9.17, 15) is 4.79 Å². The van der Waals surface area contributed by atoms with Gasteiger partial charge in [-0.3, -0.25) is 4.79 Å². The molecule has 1 aromatic heterocycles. The molecule has 122 valence electrons. The maximum absolute atomic E-state index is 13.2. The molecule has 2 aromatic carbocycles. The Kier molecular flexibility index (Phi) is 4.95. The second-order valence-corrected chi connectivity index (χ2v) is 6.84. The van der Waals surface area contributed by atoms with E-state index in [1.807, 2.05) is 30.3 Å². The average Bonchev–Trinajstić information content (AvgIpc) is 3.08. The topological polar surface area (TPSA) is 34.9 Å². The number of halogens is 3. The molecule has 3 nitrogen and oxygen atoms in total. The zero-order valence-corrected chi connectivity index (χ0v) is 14.8. The Labute approximate surface area is 154 Å². The van der Waals surface area contributed by atoms with Crippen molar-refractivity contribution in [3.05, 3.63) is 88.4 Å². The lowest BCUT2D eigenvalue weighted by atomic mass is 9.89. The lowest BCUT2D eigenvalue weighted by Gasteiger charge is -2.27. The highest BCUT2D eigenvalue weighted by molar-refractivity contribution is 6.42. The van der Waals surface area contributed by atoms with Gasteiger partial charge in [-0.1, -0.05) is 53.5 Å². The van der Waals surface area contributed by atoms with Crippen LogP contribution in [0.25, 0.3) is 0 Å². The van der Waals surface area contributed by atoms with Gasteiger partial charge in [-0.2, -0.15) is 0 Å². The van der Waals surface area contributed by atoms with Crippen molar-refractivity contribution >= 4 is 40.6 Å². The fraction of sp³-hybridized carbons (Fsp3) is 0.111. The van der Waals surface area contributed by atoms with Crippen LogP contribution in [0.2, 0.25) is 10.0 Å². The highest BCUT2D eigenvalue weighted by Crippen LogP contribution is 2.37. The molecule has 0 N–H and O–H groups in total.